The molecule has 0 aliphatic heterocycles. The average Bonchev–Trinajstić information content (AvgIpc) is 3.11. The third-order valence-corrected chi connectivity index (χ3v) is 3.77. The van der Waals surface area contributed by atoms with Crippen molar-refractivity contribution in [3.8, 4) is 0 Å². The number of carbonyl (C=O) groups is 1. The van der Waals surface area contributed by atoms with Crippen LogP contribution in [-0.4, -0.2) is 23.2 Å². The topological polar surface area (TPSA) is 49.3 Å². The molecule has 0 spiro atoms. The molecule has 5 heteroatoms. The molecule has 1 aliphatic carbocycles. The van der Waals surface area contributed by atoms with Crippen molar-refractivity contribution in [2.24, 2.45) is 5.92 Å². The first-order valence-electron chi connectivity index (χ1n) is 5.84. The molecule has 0 saturated heterocycles. The van der Waals surface area contributed by atoms with Crippen molar-refractivity contribution in [1.82, 2.24) is 5.32 Å². The third kappa shape index (κ3) is 2.97. The Morgan fingerprint density at radius 2 is 1.94 bits per heavy atom. The van der Waals surface area contributed by atoms with Crippen LogP contribution in [0.2, 0.25) is 10.0 Å². The van der Waals surface area contributed by atoms with E-state index in [0.717, 1.165) is 12.8 Å². The lowest BCUT2D eigenvalue weighted by atomic mass is 9.96. The van der Waals surface area contributed by atoms with Gasteiger partial charge in [-0.3, -0.25) is 4.79 Å². The zero-order chi connectivity index (χ0) is 13.3. The van der Waals surface area contributed by atoms with Crippen LogP contribution in [0.15, 0.2) is 18.2 Å². The van der Waals surface area contributed by atoms with E-state index in [1.807, 2.05) is 6.92 Å². The summed E-state index contributed by atoms with van der Waals surface area (Å²) in [4.78, 5) is 12.1. The highest BCUT2D eigenvalue weighted by Gasteiger charge is 2.42. The number of carbonyl (C=O) groups excluding carboxylic acids is 1. The Bertz CT molecular complexity index is 454. The summed E-state index contributed by atoms with van der Waals surface area (Å²) in [6.07, 6.45) is 2.07. The average molecular weight is 288 g/mol. The third-order valence-electron chi connectivity index (χ3n) is 3.33. The van der Waals surface area contributed by atoms with Crippen LogP contribution in [0, 0.1) is 5.92 Å². The molecule has 2 rings (SSSR count). The van der Waals surface area contributed by atoms with Crippen LogP contribution in [0.1, 0.15) is 30.1 Å². The molecule has 0 radical (unpaired) electrons. The quantitative estimate of drug-likeness (QED) is 0.895. The van der Waals surface area contributed by atoms with Gasteiger partial charge in [0.2, 0.25) is 0 Å². The minimum absolute atomic E-state index is 0.0717. The Kier molecular flexibility index (Phi) is 3.85. The van der Waals surface area contributed by atoms with Crippen LogP contribution in [0.4, 0.5) is 0 Å². The van der Waals surface area contributed by atoms with Crippen LogP contribution in [-0.2, 0) is 0 Å². The Balaban J connectivity index is 2.16. The summed E-state index contributed by atoms with van der Waals surface area (Å²) in [5, 5.41) is 13.1. The van der Waals surface area contributed by atoms with Gasteiger partial charge in [-0.05, 0) is 43.9 Å². The van der Waals surface area contributed by atoms with Gasteiger partial charge < -0.3 is 10.4 Å². The van der Waals surface area contributed by atoms with Gasteiger partial charge in [0.1, 0.15) is 0 Å². The maximum Gasteiger partial charge on any atom is 0.251 e. The Morgan fingerprint density at radius 3 is 2.39 bits per heavy atom. The molecule has 0 aromatic heterocycles. The fraction of sp³-hybridized carbons (Fsp3) is 0.462. The molecule has 18 heavy (non-hydrogen) atoms. The number of rotatable bonds is 4. The smallest absolute Gasteiger partial charge is 0.251 e. The second kappa shape index (κ2) is 5.08. The fourth-order valence-corrected chi connectivity index (χ4v) is 2.53. The predicted octanol–water partition coefficient (Wildman–Crippen LogP) is 2.88. The highest BCUT2D eigenvalue weighted by molar-refractivity contribution is 6.35. The number of halogens is 2. The molecule has 1 amide bonds. The zero-order valence-electron chi connectivity index (χ0n) is 10.0. The highest BCUT2D eigenvalue weighted by atomic mass is 35.5. The van der Waals surface area contributed by atoms with Gasteiger partial charge in [-0.2, -0.15) is 0 Å². The van der Waals surface area contributed by atoms with Gasteiger partial charge in [-0.15, -0.1) is 0 Å². The summed E-state index contributed by atoms with van der Waals surface area (Å²) >= 11 is 11.7. The van der Waals surface area contributed by atoms with E-state index in [-0.39, 0.29) is 12.5 Å². The molecule has 0 bridgehead atoms. The van der Waals surface area contributed by atoms with Crippen molar-refractivity contribution in [2.75, 3.05) is 6.61 Å². The summed E-state index contributed by atoms with van der Waals surface area (Å²) in [6, 6.07) is 4.70. The predicted molar refractivity (Wildman–Crippen MR) is 72.1 cm³/mol. The first kappa shape index (κ1) is 13.7. The Morgan fingerprint density at radius 1 is 1.39 bits per heavy atom. The maximum atomic E-state index is 12.1. The molecule has 1 unspecified atom stereocenters. The van der Waals surface area contributed by atoms with E-state index in [0.29, 0.717) is 21.5 Å². The van der Waals surface area contributed by atoms with Crippen LogP contribution < -0.4 is 5.32 Å². The van der Waals surface area contributed by atoms with E-state index >= 15 is 0 Å². The van der Waals surface area contributed by atoms with E-state index in [1.54, 1.807) is 18.2 Å². The molecule has 2 N–H and O–H groups in total. The SMILES string of the molecule is CC(CO)(NC(=O)c1cc(Cl)cc(Cl)c1)C1CC1. The normalized spacial score (nSPS) is 18.2. The van der Waals surface area contributed by atoms with E-state index in [1.165, 1.54) is 0 Å². The minimum Gasteiger partial charge on any atom is -0.394 e. The van der Waals surface area contributed by atoms with Crippen molar-refractivity contribution < 1.29 is 9.90 Å². The monoisotopic (exact) mass is 287 g/mol. The highest BCUT2D eigenvalue weighted by Crippen LogP contribution is 2.39. The first-order chi connectivity index (χ1) is 8.44. The van der Waals surface area contributed by atoms with Gasteiger partial charge >= 0.3 is 0 Å². The van der Waals surface area contributed by atoms with Crippen molar-refractivity contribution in [2.45, 2.75) is 25.3 Å². The molecular formula is C13H15Cl2NO2. The molecule has 0 heterocycles. The second-order valence-corrected chi connectivity index (χ2v) is 5.83. The second-order valence-electron chi connectivity index (χ2n) is 4.96. The lowest BCUT2D eigenvalue weighted by Crippen LogP contribution is -2.50. The Hall–Kier alpha value is -0.770. The first-order valence-corrected chi connectivity index (χ1v) is 6.60. The number of aliphatic hydroxyl groups excluding tert-OH is 1. The molecular weight excluding hydrogens is 273 g/mol. The maximum absolute atomic E-state index is 12.1. The van der Waals surface area contributed by atoms with Gasteiger partial charge in [0.25, 0.3) is 5.91 Å². The number of hydrogen-bond donors (Lipinski definition) is 2. The van der Waals surface area contributed by atoms with Crippen LogP contribution in [0.3, 0.4) is 0 Å². The minimum atomic E-state index is -0.564. The molecule has 1 aromatic rings. The van der Waals surface area contributed by atoms with E-state index in [9.17, 15) is 9.90 Å². The molecule has 1 aromatic carbocycles. The van der Waals surface area contributed by atoms with Gasteiger partial charge in [0.15, 0.2) is 0 Å². The number of benzene rings is 1. The fourth-order valence-electron chi connectivity index (χ4n) is 2.01. The Labute approximate surface area is 116 Å². The number of hydrogen-bond acceptors (Lipinski definition) is 2. The van der Waals surface area contributed by atoms with E-state index < -0.39 is 5.54 Å². The van der Waals surface area contributed by atoms with E-state index in [2.05, 4.69) is 5.32 Å². The molecule has 98 valence electrons. The largest absolute Gasteiger partial charge is 0.394 e. The summed E-state index contributed by atoms with van der Waals surface area (Å²) in [5.41, 5.74) is -0.154. The van der Waals surface area contributed by atoms with Gasteiger partial charge in [-0.1, -0.05) is 23.2 Å². The van der Waals surface area contributed by atoms with Crippen molar-refractivity contribution in [3.63, 3.8) is 0 Å². The zero-order valence-corrected chi connectivity index (χ0v) is 11.6. The lowest BCUT2D eigenvalue weighted by molar-refractivity contribution is 0.0824. The number of nitrogens with one attached hydrogen (secondary N) is 1. The summed E-state index contributed by atoms with van der Waals surface area (Å²) in [6.45, 7) is 1.78. The van der Waals surface area contributed by atoms with Gasteiger partial charge in [0, 0.05) is 15.6 Å². The van der Waals surface area contributed by atoms with Crippen molar-refractivity contribution >= 4 is 29.1 Å². The van der Waals surface area contributed by atoms with Crippen molar-refractivity contribution in [3.05, 3.63) is 33.8 Å². The van der Waals surface area contributed by atoms with Crippen LogP contribution in [0.5, 0.6) is 0 Å². The van der Waals surface area contributed by atoms with Gasteiger partial charge in [-0.25, -0.2) is 0 Å². The van der Waals surface area contributed by atoms with Crippen molar-refractivity contribution in [1.29, 1.82) is 0 Å². The van der Waals surface area contributed by atoms with E-state index in [4.69, 9.17) is 23.2 Å². The van der Waals surface area contributed by atoms with Crippen LogP contribution >= 0.6 is 23.2 Å². The lowest BCUT2D eigenvalue weighted by Gasteiger charge is -2.28. The molecule has 3 nitrogen and oxygen atoms in total. The summed E-state index contributed by atoms with van der Waals surface area (Å²) in [5.74, 6) is 0.0870. The van der Waals surface area contributed by atoms with Gasteiger partial charge in [0.05, 0.1) is 12.1 Å². The molecule has 1 atom stereocenters. The van der Waals surface area contributed by atoms with Crippen LogP contribution in [0.25, 0.3) is 0 Å². The standard InChI is InChI=1S/C13H15Cl2NO2/c1-13(7-17,9-2-3-9)16-12(18)8-4-10(14)6-11(15)5-8/h4-6,9,17H,2-3,7H2,1H3,(H,16,18). The molecule has 1 fully saturated rings. The molecule has 1 saturated carbocycles. The molecule has 1 aliphatic rings. The number of amides is 1. The summed E-state index contributed by atoms with van der Waals surface area (Å²) < 4.78 is 0. The number of aliphatic hydroxyl groups is 1. The summed E-state index contributed by atoms with van der Waals surface area (Å²) in [7, 11) is 0.